The molecule has 2 aromatic rings. The van der Waals surface area contributed by atoms with Crippen LogP contribution in [0.15, 0.2) is 18.3 Å². The fourth-order valence-corrected chi connectivity index (χ4v) is 2.29. The first-order valence-corrected chi connectivity index (χ1v) is 6.33. The number of nitrogens with one attached hydrogen (secondary N) is 1. The maximum atomic E-state index is 12.1. The molecule has 0 aliphatic carbocycles. The standard InChI is InChI=1S/C11H9ClN4O2S/c1-5-8(9(10(13)17)19-16-5)11(18)15-7-3-2-6(12)4-14-7/h2-4H,1H3,(H2,13,17)(H,14,15,18). The number of aryl methyl sites for hydroxylation is 1. The van der Waals surface area contributed by atoms with E-state index in [1.807, 2.05) is 0 Å². The molecule has 0 radical (unpaired) electrons. The molecule has 2 rings (SSSR count). The first-order valence-electron chi connectivity index (χ1n) is 5.18. The summed E-state index contributed by atoms with van der Waals surface area (Å²) < 4.78 is 3.95. The van der Waals surface area contributed by atoms with E-state index in [0.29, 0.717) is 16.5 Å². The smallest absolute Gasteiger partial charge is 0.261 e. The van der Waals surface area contributed by atoms with Gasteiger partial charge in [-0.15, -0.1) is 0 Å². The molecule has 8 heteroatoms. The molecule has 0 atom stereocenters. The average molecular weight is 297 g/mol. The molecule has 98 valence electrons. The number of nitrogens with zero attached hydrogens (tertiary/aromatic N) is 2. The Bertz CT molecular complexity index is 639. The molecule has 3 N–H and O–H groups in total. The van der Waals surface area contributed by atoms with Gasteiger partial charge in [0, 0.05) is 6.20 Å². The van der Waals surface area contributed by atoms with E-state index in [2.05, 4.69) is 14.7 Å². The molecule has 0 bridgehead atoms. The molecule has 0 saturated heterocycles. The normalized spacial score (nSPS) is 10.2. The van der Waals surface area contributed by atoms with Gasteiger partial charge in [-0.3, -0.25) is 9.59 Å². The highest BCUT2D eigenvalue weighted by atomic mass is 35.5. The summed E-state index contributed by atoms with van der Waals surface area (Å²) in [5.74, 6) is -0.829. The second kappa shape index (κ2) is 5.33. The summed E-state index contributed by atoms with van der Waals surface area (Å²) in [5, 5.41) is 3.02. The first kappa shape index (κ1) is 13.4. The van der Waals surface area contributed by atoms with Gasteiger partial charge in [0.1, 0.15) is 10.7 Å². The molecule has 0 aromatic carbocycles. The van der Waals surface area contributed by atoms with Crippen LogP contribution in [0, 0.1) is 6.92 Å². The summed E-state index contributed by atoms with van der Waals surface area (Å²) in [6, 6.07) is 3.15. The van der Waals surface area contributed by atoms with E-state index < -0.39 is 11.8 Å². The molecule has 0 spiro atoms. The summed E-state index contributed by atoms with van der Waals surface area (Å²) >= 11 is 6.59. The van der Waals surface area contributed by atoms with Crippen molar-refractivity contribution in [3.63, 3.8) is 0 Å². The van der Waals surface area contributed by atoms with Gasteiger partial charge >= 0.3 is 0 Å². The van der Waals surface area contributed by atoms with Crippen molar-refractivity contribution in [2.75, 3.05) is 5.32 Å². The van der Waals surface area contributed by atoms with Gasteiger partial charge in [-0.1, -0.05) is 11.6 Å². The SMILES string of the molecule is Cc1nsc(C(N)=O)c1C(=O)Nc1ccc(Cl)cn1. The fraction of sp³-hybridized carbons (Fsp3) is 0.0909. The van der Waals surface area contributed by atoms with Crippen LogP contribution in [-0.2, 0) is 0 Å². The molecular weight excluding hydrogens is 288 g/mol. The molecule has 0 fully saturated rings. The highest BCUT2D eigenvalue weighted by molar-refractivity contribution is 7.08. The van der Waals surface area contributed by atoms with Crippen LogP contribution in [0.5, 0.6) is 0 Å². The van der Waals surface area contributed by atoms with Crippen molar-refractivity contribution in [2.45, 2.75) is 6.92 Å². The largest absolute Gasteiger partial charge is 0.365 e. The van der Waals surface area contributed by atoms with Crippen molar-refractivity contribution >= 4 is 40.8 Å². The summed E-state index contributed by atoms with van der Waals surface area (Å²) in [6.07, 6.45) is 1.41. The number of carbonyl (C=O) groups is 2. The second-order valence-corrected chi connectivity index (χ2v) is 4.86. The predicted molar refractivity (Wildman–Crippen MR) is 72.6 cm³/mol. The number of anilines is 1. The number of nitrogens with two attached hydrogens (primary N) is 1. The Morgan fingerprint density at radius 3 is 2.74 bits per heavy atom. The number of hydrogen-bond donors (Lipinski definition) is 2. The lowest BCUT2D eigenvalue weighted by Gasteiger charge is -2.04. The number of halogens is 1. The maximum absolute atomic E-state index is 12.1. The number of primary amides is 1. The molecule has 2 amide bonds. The molecule has 2 aromatic heterocycles. The number of carbonyl (C=O) groups excluding carboxylic acids is 2. The van der Waals surface area contributed by atoms with E-state index in [-0.39, 0.29) is 10.4 Å². The molecule has 0 aliphatic rings. The third kappa shape index (κ3) is 2.88. The Balaban J connectivity index is 2.27. The van der Waals surface area contributed by atoms with Crippen LogP contribution in [0.25, 0.3) is 0 Å². The van der Waals surface area contributed by atoms with Crippen molar-refractivity contribution in [1.82, 2.24) is 9.36 Å². The van der Waals surface area contributed by atoms with Crippen molar-refractivity contribution in [3.05, 3.63) is 39.5 Å². The van der Waals surface area contributed by atoms with Gasteiger partial charge in [-0.05, 0) is 30.6 Å². The van der Waals surface area contributed by atoms with Gasteiger partial charge < -0.3 is 11.1 Å². The molecule has 19 heavy (non-hydrogen) atoms. The maximum Gasteiger partial charge on any atom is 0.261 e. The van der Waals surface area contributed by atoms with E-state index in [1.54, 1.807) is 19.1 Å². The highest BCUT2D eigenvalue weighted by Crippen LogP contribution is 2.19. The van der Waals surface area contributed by atoms with Gasteiger partial charge in [-0.2, -0.15) is 4.37 Å². The third-order valence-electron chi connectivity index (χ3n) is 2.28. The van der Waals surface area contributed by atoms with E-state index in [1.165, 1.54) is 6.20 Å². The summed E-state index contributed by atoms with van der Waals surface area (Å²) in [6.45, 7) is 1.63. The Morgan fingerprint density at radius 1 is 1.42 bits per heavy atom. The van der Waals surface area contributed by atoms with Crippen LogP contribution in [-0.4, -0.2) is 21.2 Å². The lowest BCUT2D eigenvalue weighted by atomic mass is 10.2. The first-order chi connectivity index (χ1) is 8.99. The lowest BCUT2D eigenvalue weighted by Crippen LogP contribution is -2.19. The zero-order valence-electron chi connectivity index (χ0n) is 9.81. The second-order valence-electron chi connectivity index (χ2n) is 3.65. The van der Waals surface area contributed by atoms with Gasteiger partial charge in [0.15, 0.2) is 0 Å². The molecule has 0 saturated carbocycles. The fourth-order valence-electron chi connectivity index (χ4n) is 1.43. The summed E-state index contributed by atoms with van der Waals surface area (Å²) in [4.78, 5) is 27.4. The van der Waals surface area contributed by atoms with Crippen LogP contribution in [0.1, 0.15) is 25.7 Å². The molecular formula is C11H9ClN4O2S. The topological polar surface area (TPSA) is 98.0 Å². The third-order valence-corrected chi connectivity index (χ3v) is 3.46. The minimum absolute atomic E-state index is 0.129. The molecule has 6 nitrogen and oxygen atoms in total. The van der Waals surface area contributed by atoms with Gasteiger partial charge in [-0.25, -0.2) is 4.98 Å². The minimum atomic E-state index is -0.681. The zero-order valence-corrected chi connectivity index (χ0v) is 11.4. The van der Waals surface area contributed by atoms with Crippen molar-refractivity contribution < 1.29 is 9.59 Å². The number of pyridine rings is 1. The number of amides is 2. The van der Waals surface area contributed by atoms with E-state index >= 15 is 0 Å². The van der Waals surface area contributed by atoms with Crippen molar-refractivity contribution in [1.29, 1.82) is 0 Å². The van der Waals surface area contributed by atoms with Gasteiger partial charge in [0.05, 0.1) is 16.3 Å². The number of rotatable bonds is 3. The van der Waals surface area contributed by atoms with Crippen LogP contribution in [0.3, 0.4) is 0 Å². The quantitative estimate of drug-likeness (QED) is 0.903. The molecule has 0 unspecified atom stereocenters. The zero-order chi connectivity index (χ0) is 14.0. The number of aromatic nitrogens is 2. The predicted octanol–water partition coefficient (Wildman–Crippen LogP) is 1.85. The lowest BCUT2D eigenvalue weighted by molar-refractivity contribution is 0.0980. The Morgan fingerprint density at radius 2 is 2.16 bits per heavy atom. The monoisotopic (exact) mass is 296 g/mol. The molecule has 0 aliphatic heterocycles. The Hall–Kier alpha value is -1.99. The van der Waals surface area contributed by atoms with E-state index in [0.717, 1.165) is 11.5 Å². The van der Waals surface area contributed by atoms with Crippen molar-refractivity contribution in [3.8, 4) is 0 Å². The summed E-state index contributed by atoms with van der Waals surface area (Å²) in [7, 11) is 0. The van der Waals surface area contributed by atoms with Crippen LogP contribution in [0.2, 0.25) is 5.02 Å². The van der Waals surface area contributed by atoms with Crippen LogP contribution in [0.4, 0.5) is 5.82 Å². The summed E-state index contributed by atoms with van der Waals surface area (Å²) in [5.41, 5.74) is 5.82. The van der Waals surface area contributed by atoms with Gasteiger partial charge in [0.25, 0.3) is 11.8 Å². The average Bonchev–Trinajstić information content (AvgIpc) is 2.74. The Labute approximate surface area is 117 Å². The van der Waals surface area contributed by atoms with Gasteiger partial charge in [0.2, 0.25) is 0 Å². The Kier molecular flexibility index (Phi) is 3.77. The minimum Gasteiger partial charge on any atom is -0.365 e. The highest BCUT2D eigenvalue weighted by Gasteiger charge is 2.22. The van der Waals surface area contributed by atoms with Crippen LogP contribution < -0.4 is 11.1 Å². The van der Waals surface area contributed by atoms with E-state index in [4.69, 9.17) is 17.3 Å². The van der Waals surface area contributed by atoms with Crippen LogP contribution >= 0.6 is 23.1 Å². The number of hydrogen-bond acceptors (Lipinski definition) is 5. The van der Waals surface area contributed by atoms with Crippen molar-refractivity contribution in [2.24, 2.45) is 5.73 Å². The molecule has 2 heterocycles. The van der Waals surface area contributed by atoms with E-state index in [9.17, 15) is 9.59 Å².